The van der Waals surface area contributed by atoms with Gasteiger partial charge in [0.15, 0.2) is 0 Å². The Morgan fingerprint density at radius 2 is 2.00 bits per heavy atom. The molecule has 1 saturated carbocycles. The fraction of sp³-hybridized carbons (Fsp3) is 0.500. The molecule has 2 N–H and O–H groups in total. The van der Waals surface area contributed by atoms with E-state index in [0.717, 1.165) is 24.9 Å². The Labute approximate surface area is 107 Å². The van der Waals surface area contributed by atoms with E-state index in [-0.39, 0.29) is 17.1 Å². The molecule has 0 aromatic heterocycles. The van der Waals surface area contributed by atoms with E-state index in [1.165, 1.54) is 12.1 Å². The van der Waals surface area contributed by atoms with Crippen molar-refractivity contribution in [1.29, 1.82) is 0 Å². The maximum absolute atomic E-state index is 12.7. The number of hydrogen-bond donors (Lipinski definition) is 1. The highest BCUT2D eigenvalue weighted by atomic mass is 19.1. The van der Waals surface area contributed by atoms with Gasteiger partial charge in [0, 0.05) is 19.0 Å². The molecule has 0 atom stereocenters. The molecule has 1 aromatic carbocycles. The molecule has 18 heavy (non-hydrogen) atoms. The maximum atomic E-state index is 12.7. The maximum Gasteiger partial charge on any atom is 0.226 e. The van der Waals surface area contributed by atoms with Crippen molar-refractivity contribution in [2.45, 2.75) is 19.3 Å². The first-order valence-corrected chi connectivity index (χ1v) is 6.23. The van der Waals surface area contributed by atoms with Gasteiger partial charge in [0.1, 0.15) is 5.82 Å². The zero-order valence-electron chi connectivity index (χ0n) is 10.7. The van der Waals surface area contributed by atoms with Crippen molar-refractivity contribution in [3.63, 3.8) is 0 Å². The molecule has 1 aliphatic rings. The van der Waals surface area contributed by atoms with Crippen LogP contribution in [0.1, 0.15) is 18.4 Å². The van der Waals surface area contributed by atoms with Crippen LogP contribution in [0.5, 0.6) is 0 Å². The Morgan fingerprint density at radius 3 is 2.50 bits per heavy atom. The molecule has 98 valence electrons. The van der Waals surface area contributed by atoms with E-state index in [0.29, 0.717) is 13.0 Å². The number of rotatable bonds is 5. The summed E-state index contributed by atoms with van der Waals surface area (Å²) in [4.78, 5) is 13.7. The third kappa shape index (κ3) is 3.07. The lowest BCUT2D eigenvalue weighted by atomic mass is 10.1. The first-order chi connectivity index (χ1) is 8.54. The van der Waals surface area contributed by atoms with Crippen molar-refractivity contribution in [2.75, 3.05) is 20.1 Å². The van der Waals surface area contributed by atoms with E-state index in [4.69, 9.17) is 5.73 Å². The first kappa shape index (κ1) is 13.0. The summed E-state index contributed by atoms with van der Waals surface area (Å²) in [6.45, 7) is 1.37. The van der Waals surface area contributed by atoms with Crippen LogP contribution < -0.4 is 5.73 Å². The van der Waals surface area contributed by atoms with Gasteiger partial charge < -0.3 is 10.6 Å². The lowest BCUT2D eigenvalue weighted by molar-refractivity contribution is -0.129. The van der Waals surface area contributed by atoms with Gasteiger partial charge >= 0.3 is 0 Å². The van der Waals surface area contributed by atoms with Gasteiger partial charge in [-0.3, -0.25) is 4.79 Å². The van der Waals surface area contributed by atoms with Gasteiger partial charge in [0.05, 0.1) is 6.42 Å². The number of nitrogens with zero attached hydrogens (tertiary/aromatic N) is 1. The van der Waals surface area contributed by atoms with Crippen LogP contribution in [-0.4, -0.2) is 30.9 Å². The van der Waals surface area contributed by atoms with E-state index in [2.05, 4.69) is 0 Å². The second-order valence-corrected chi connectivity index (χ2v) is 5.26. The molecule has 0 spiro atoms. The van der Waals surface area contributed by atoms with Crippen LogP contribution in [-0.2, 0) is 11.2 Å². The van der Waals surface area contributed by atoms with Crippen LogP contribution in [0.3, 0.4) is 0 Å². The van der Waals surface area contributed by atoms with E-state index in [1.54, 1.807) is 17.0 Å². The molecule has 0 unspecified atom stereocenters. The fourth-order valence-electron chi connectivity index (χ4n) is 2.11. The van der Waals surface area contributed by atoms with Gasteiger partial charge in [0.2, 0.25) is 5.91 Å². The van der Waals surface area contributed by atoms with Crippen molar-refractivity contribution < 1.29 is 9.18 Å². The zero-order chi connectivity index (χ0) is 13.2. The number of carbonyl (C=O) groups is 1. The van der Waals surface area contributed by atoms with Gasteiger partial charge in [-0.15, -0.1) is 0 Å². The van der Waals surface area contributed by atoms with E-state index >= 15 is 0 Å². The summed E-state index contributed by atoms with van der Waals surface area (Å²) in [6.07, 6.45) is 2.53. The Bertz CT molecular complexity index is 426. The van der Waals surface area contributed by atoms with Crippen molar-refractivity contribution in [3.05, 3.63) is 35.6 Å². The molecule has 0 bridgehead atoms. The molecule has 1 aliphatic carbocycles. The molecule has 1 fully saturated rings. The molecular formula is C14H19FN2O. The summed E-state index contributed by atoms with van der Waals surface area (Å²) >= 11 is 0. The minimum Gasteiger partial charge on any atom is -0.345 e. The molecule has 0 aliphatic heterocycles. The lowest BCUT2D eigenvalue weighted by Gasteiger charge is -2.22. The quantitative estimate of drug-likeness (QED) is 0.862. The van der Waals surface area contributed by atoms with Crippen LogP contribution in [0.15, 0.2) is 24.3 Å². The average Bonchev–Trinajstić information content (AvgIpc) is 3.12. The highest BCUT2D eigenvalue weighted by Crippen LogP contribution is 2.44. The predicted molar refractivity (Wildman–Crippen MR) is 68.5 cm³/mol. The first-order valence-electron chi connectivity index (χ1n) is 6.23. The highest BCUT2D eigenvalue weighted by Gasteiger charge is 2.42. The van der Waals surface area contributed by atoms with Gasteiger partial charge in [0.25, 0.3) is 0 Å². The molecular weight excluding hydrogens is 231 g/mol. The van der Waals surface area contributed by atoms with Crippen molar-refractivity contribution in [2.24, 2.45) is 11.1 Å². The fourth-order valence-corrected chi connectivity index (χ4v) is 2.11. The van der Waals surface area contributed by atoms with Gasteiger partial charge in [-0.1, -0.05) is 12.1 Å². The number of amides is 1. The Hall–Kier alpha value is -1.42. The average molecular weight is 250 g/mol. The molecule has 4 heteroatoms. The third-order valence-electron chi connectivity index (χ3n) is 3.66. The SMILES string of the molecule is CN(CC1(CN)CC1)C(=O)Cc1ccc(F)cc1. The molecule has 0 heterocycles. The topological polar surface area (TPSA) is 46.3 Å². The smallest absolute Gasteiger partial charge is 0.226 e. The molecule has 1 amide bonds. The van der Waals surface area contributed by atoms with Crippen molar-refractivity contribution in [1.82, 2.24) is 4.90 Å². The minimum absolute atomic E-state index is 0.0568. The van der Waals surface area contributed by atoms with Crippen LogP contribution in [0.25, 0.3) is 0 Å². The second-order valence-electron chi connectivity index (χ2n) is 5.26. The summed E-state index contributed by atoms with van der Waals surface area (Å²) in [5, 5.41) is 0. The number of halogens is 1. The standard InChI is InChI=1S/C14H19FN2O/c1-17(10-14(9-16)6-7-14)13(18)8-11-2-4-12(15)5-3-11/h2-5H,6-10,16H2,1H3. The molecule has 2 rings (SSSR count). The normalized spacial score (nSPS) is 16.4. The molecule has 3 nitrogen and oxygen atoms in total. The van der Waals surface area contributed by atoms with Crippen LogP contribution in [0.2, 0.25) is 0 Å². The lowest BCUT2D eigenvalue weighted by Crippen LogP contribution is -2.36. The number of hydrogen-bond acceptors (Lipinski definition) is 2. The summed E-state index contributed by atoms with van der Waals surface area (Å²) in [7, 11) is 1.81. The monoisotopic (exact) mass is 250 g/mol. The van der Waals surface area contributed by atoms with Crippen molar-refractivity contribution >= 4 is 5.91 Å². The van der Waals surface area contributed by atoms with E-state index in [1.807, 2.05) is 7.05 Å². The molecule has 0 radical (unpaired) electrons. The number of benzene rings is 1. The second kappa shape index (κ2) is 5.06. The summed E-state index contributed by atoms with van der Waals surface area (Å²) in [5.41, 5.74) is 6.71. The summed E-state index contributed by atoms with van der Waals surface area (Å²) in [6, 6.07) is 6.06. The van der Waals surface area contributed by atoms with Gasteiger partial charge in [-0.05, 0) is 37.1 Å². The summed E-state index contributed by atoms with van der Waals surface area (Å²) in [5.74, 6) is -0.221. The number of nitrogens with two attached hydrogens (primary N) is 1. The molecule has 0 saturated heterocycles. The van der Waals surface area contributed by atoms with Crippen LogP contribution >= 0.6 is 0 Å². The third-order valence-corrected chi connectivity index (χ3v) is 3.66. The number of carbonyl (C=O) groups excluding carboxylic acids is 1. The Morgan fingerprint density at radius 1 is 1.39 bits per heavy atom. The van der Waals surface area contributed by atoms with E-state index in [9.17, 15) is 9.18 Å². The zero-order valence-corrected chi connectivity index (χ0v) is 10.7. The van der Waals surface area contributed by atoms with Gasteiger partial charge in [-0.25, -0.2) is 4.39 Å². The largest absolute Gasteiger partial charge is 0.345 e. The Kier molecular flexibility index (Phi) is 3.66. The van der Waals surface area contributed by atoms with Crippen LogP contribution in [0, 0.1) is 11.2 Å². The van der Waals surface area contributed by atoms with E-state index < -0.39 is 0 Å². The number of likely N-dealkylation sites (N-methyl/N-ethyl adjacent to an activating group) is 1. The highest BCUT2D eigenvalue weighted by molar-refractivity contribution is 5.78. The minimum atomic E-state index is -0.278. The van der Waals surface area contributed by atoms with Gasteiger partial charge in [-0.2, -0.15) is 0 Å². The predicted octanol–water partition coefficient (Wildman–Crippen LogP) is 1.57. The summed E-state index contributed by atoms with van der Waals surface area (Å²) < 4.78 is 12.7. The molecule has 1 aromatic rings. The van der Waals surface area contributed by atoms with Crippen LogP contribution in [0.4, 0.5) is 4.39 Å². The Balaban J connectivity index is 1.89. The van der Waals surface area contributed by atoms with Crippen molar-refractivity contribution in [3.8, 4) is 0 Å².